The summed E-state index contributed by atoms with van der Waals surface area (Å²) in [4.78, 5) is 71.4. The van der Waals surface area contributed by atoms with Gasteiger partial charge in [-0.3, -0.25) is 28.8 Å². The van der Waals surface area contributed by atoms with Crippen LogP contribution < -0.4 is 18.9 Å². The summed E-state index contributed by atoms with van der Waals surface area (Å²) in [5.74, 6) is -5.22. The number of hydrogen-bond donors (Lipinski definition) is 4. The van der Waals surface area contributed by atoms with Crippen molar-refractivity contribution in [3.63, 3.8) is 0 Å². The van der Waals surface area contributed by atoms with Crippen LogP contribution in [-0.4, -0.2) is 82.3 Å². The van der Waals surface area contributed by atoms with Crippen molar-refractivity contribution in [3.05, 3.63) is 46.5 Å². The predicted molar refractivity (Wildman–Crippen MR) is 149 cm³/mol. The molecule has 0 aromatic heterocycles. The molecule has 0 radical (unpaired) electrons. The summed E-state index contributed by atoms with van der Waals surface area (Å²) >= 11 is 0. The van der Waals surface area contributed by atoms with Gasteiger partial charge >= 0.3 is 23.9 Å². The zero-order valence-electron chi connectivity index (χ0n) is 23.7. The minimum atomic E-state index is -1.04. The van der Waals surface area contributed by atoms with Gasteiger partial charge < -0.3 is 39.4 Å². The summed E-state index contributed by atoms with van der Waals surface area (Å²) in [7, 11) is 0. The maximum atomic E-state index is 13.9. The molecule has 3 rings (SSSR count). The highest BCUT2D eigenvalue weighted by Gasteiger charge is 2.36. The van der Waals surface area contributed by atoms with Gasteiger partial charge in [0.1, 0.15) is 23.0 Å². The van der Waals surface area contributed by atoms with E-state index in [2.05, 4.69) is 0 Å². The Kier molecular flexibility index (Phi) is 12.1. The van der Waals surface area contributed by atoms with Gasteiger partial charge in [0.2, 0.25) is 0 Å². The van der Waals surface area contributed by atoms with Gasteiger partial charge in [0, 0.05) is 48.9 Å². The summed E-state index contributed by atoms with van der Waals surface area (Å²) in [6.07, 6.45) is -0.163. The highest BCUT2D eigenvalue weighted by molar-refractivity contribution is 6.30. The standard InChI is InChI=1S/C30H32O14/c31-23(32)5-1-9-41-17-13-19-27(21(15-17)43-11-3-7-25(35)36)30(40)20-14-18(42-10-2-6-24(33)34)16-22(28(20)29(19)39)44-12-4-8-26(37)38/h13-16H,1-12H2,(H,31,32)(H,33,34)(H,35,36)(H,37,38). The van der Waals surface area contributed by atoms with E-state index in [1.54, 1.807) is 0 Å². The maximum Gasteiger partial charge on any atom is 0.303 e. The van der Waals surface area contributed by atoms with Crippen LogP contribution in [0.2, 0.25) is 0 Å². The van der Waals surface area contributed by atoms with E-state index in [1.165, 1.54) is 24.3 Å². The van der Waals surface area contributed by atoms with Crippen molar-refractivity contribution in [2.75, 3.05) is 26.4 Å². The van der Waals surface area contributed by atoms with Crippen molar-refractivity contribution < 1.29 is 68.1 Å². The second-order valence-electron chi connectivity index (χ2n) is 9.73. The van der Waals surface area contributed by atoms with Gasteiger partial charge in [-0.2, -0.15) is 0 Å². The minimum absolute atomic E-state index is 0.0111. The average Bonchev–Trinajstić information content (AvgIpc) is 2.95. The summed E-state index contributed by atoms with van der Waals surface area (Å²) in [5.41, 5.74) is -0.375. The first kappa shape index (κ1) is 33.4. The van der Waals surface area contributed by atoms with E-state index in [0.717, 1.165) is 0 Å². The Labute approximate surface area is 251 Å². The summed E-state index contributed by atoms with van der Waals surface area (Å²) in [5, 5.41) is 35.7. The van der Waals surface area contributed by atoms with Gasteiger partial charge in [0.05, 0.1) is 37.6 Å². The van der Waals surface area contributed by atoms with Crippen molar-refractivity contribution in [1.82, 2.24) is 0 Å². The molecule has 0 atom stereocenters. The van der Waals surface area contributed by atoms with Crippen LogP contribution in [0.5, 0.6) is 23.0 Å². The SMILES string of the molecule is O=C(O)CCCOc1cc(OCCCC(=O)O)c2c(c1)C(=O)c1c(OCCCC(=O)O)cc(OCCCC(=O)O)cc1C2=O. The number of fused-ring (bicyclic) bond motifs is 2. The number of rotatable bonds is 20. The maximum absolute atomic E-state index is 13.9. The molecule has 0 aliphatic heterocycles. The van der Waals surface area contributed by atoms with Gasteiger partial charge in [-0.05, 0) is 37.8 Å². The molecule has 1 aliphatic rings. The van der Waals surface area contributed by atoms with Crippen molar-refractivity contribution in [2.24, 2.45) is 0 Å². The zero-order chi connectivity index (χ0) is 32.2. The van der Waals surface area contributed by atoms with E-state index in [9.17, 15) is 28.8 Å². The van der Waals surface area contributed by atoms with Gasteiger partial charge in [0.25, 0.3) is 0 Å². The Morgan fingerprint density at radius 1 is 0.477 bits per heavy atom. The van der Waals surface area contributed by atoms with Crippen LogP contribution in [-0.2, 0) is 19.2 Å². The number of carbonyl (C=O) groups is 6. The molecule has 0 saturated heterocycles. The van der Waals surface area contributed by atoms with Gasteiger partial charge in [-0.1, -0.05) is 0 Å². The number of ketones is 2. The van der Waals surface area contributed by atoms with E-state index in [-0.39, 0.29) is 123 Å². The van der Waals surface area contributed by atoms with Crippen molar-refractivity contribution in [1.29, 1.82) is 0 Å². The zero-order valence-corrected chi connectivity index (χ0v) is 23.7. The molecule has 4 N–H and O–H groups in total. The van der Waals surface area contributed by atoms with Crippen LogP contribution in [0.15, 0.2) is 24.3 Å². The largest absolute Gasteiger partial charge is 0.493 e. The first-order chi connectivity index (χ1) is 21.0. The third-order valence-electron chi connectivity index (χ3n) is 6.29. The number of hydrogen-bond acceptors (Lipinski definition) is 10. The van der Waals surface area contributed by atoms with Crippen molar-refractivity contribution in [2.45, 2.75) is 51.4 Å². The lowest BCUT2D eigenvalue weighted by molar-refractivity contribution is -0.138. The van der Waals surface area contributed by atoms with Crippen LogP contribution >= 0.6 is 0 Å². The number of benzene rings is 2. The Morgan fingerprint density at radius 2 is 0.773 bits per heavy atom. The molecule has 14 heteroatoms. The lowest BCUT2D eigenvalue weighted by Crippen LogP contribution is -2.24. The molecule has 0 amide bonds. The molecule has 0 fully saturated rings. The Bertz CT molecular complexity index is 1320. The van der Waals surface area contributed by atoms with Crippen molar-refractivity contribution >= 4 is 35.4 Å². The molecule has 236 valence electrons. The molecule has 0 saturated carbocycles. The van der Waals surface area contributed by atoms with Crippen LogP contribution in [0, 0.1) is 0 Å². The monoisotopic (exact) mass is 616 g/mol. The van der Waals surface area contributed by atoms with E-state index < -0.39 is 35.4 Å². The fourth-order valence-corrected chi connectivity index (χ4v) is 4.31. The Balaban J connectivity index is 2.01. The Hall–Kier alpha value is -5.14. The number of carboxylic acids is 4. The number of carbonyl (C=O) groups excluding carboxylic acids is 2. The van der Waals surface area contributed by atoms with Crippen LogP contribution in [0.1, 0.15) is 83.2 Å². The predicted octanol–water partition coefficient (Wildman–Crippen LogP) is 3.44. The number of ether oxygens (including phenoxy) is 4. The Morgan fingerprint density at radius 3 is 1.07 bits per heavy atom. The first-order valence-corrected chi connectivity index (χ1v) is 13.8. The molecule has 0 bridgehead atoms. The number of aliphatic carboxylic acids is 4. The van der Waals surface area contributed by atoms with Crippen LogP contribution in [0.4, 0.5) is 0 Å². The molecular formula is C30H32O14. The molecule has 2 aromatic rings. The molecule has 2 aromatic carbocycles. The first-order valence-electron chi connectivity index (χ1n) is 13.8. The van der Waals surface area contributed by atoms with Crippen LogP contribution in [0.25, 0.3) is 0 Å². The molecule has 0 unspecified atom stereocenters. The summed E-state index contributed by atoms with van der Waals surface area (Å²) in [6, 6.07) is 5.39. The lowest BCUT2D eigenvalue weighted by atomic mass is 9.82. The third kappa shape index (κ3) is 9.44. The third-order valence-corrected chi connectivity index (χ3v) is 6.29. The summed E-state index contributed by atoms with van der Waals surface area (Å²) in [6.45, 7) is -0.216. The van der Waals surface area contributed by atoms with E-state index in [0.29, 0.717) is 0 Å². The molecule has 0 heterocycles. The van der Waals surface area contributed by atoms with Crippen molar-refractivity contribution in [3.8, 4) is 23.0 Å². The van der Waals surface area contributed by atoms with Gasteiger partial charge in [0.15, 0.2) is 11.6 Å². The normalized spacial score (nSPS) is 11.7. The average molecular weight is 617 g/mol. The van der Waals surface area contributed by atoms with Gasteiger partial charge in [-0.15, -0.1) is 0 Å². The highest BCUT2D eigenvalue weighted by Crippen LogP contribution is 2.41. The highest BCUT2D eigenvalue weighted by atomic mass is 16.5. The fraction of sp³-hybridized carbons (Fsp3) is 0.400. The molecule has 0 spiro atoms. The second kappa shape index (κ2) is 15.9. The topological polar surface area (TPSA) is 220 Å². The van der Waals surface area contributed by atoms with E-state index in [4.69, 9.17) is 39.4 Å². The van der Waals surface area contributed by atoms with E-state index >= 15 is 0 Å². The number of carboxylic acid groups (broad SMARTS) is 4. The quantitative estimate of drug-likeness (QED) is 0.134. The summed E-state index contributed by atoms with van der Waals surface area (Å²) < 4.78 is 22.8. The smallest absolute Gasteiger partial charge is 0.303 e. The minimum Gasteiger partial charge on any atom is -0.493 e. The molecular weight excluding hydrogens is 584 g/mol. The lowest BCUT2D eigenvalue weighted by Gasteiger charge is -2.24. The molecule has 1 aliphatic carbocycles. The van der Waals surface area contributed by atoms with Crippen LogP contribution in [0.3, 0.4) is 0 Å². The van der Waals surface area contributed by atoms with E-state index in [1.807, 2.05) is 0 Å². The second-order valence-corrected chi connectivity index (χ2v) is 9.73. The molecule has 14 nitrogen and oxygen atoms in total. The molecule has 44 heavy (non-hydrogen) atoms. The van der Waals surface area contributed by atoms with Gasteiger partial charge in [-0.25, -0.2) is 0 Å². The fourth-order valence-electron chi connectivity index (χ4n) is 4.31.